The lowest BCUT2D eigenvalue weighted by Crippen LogP contribution is -1.96. The van der Waals surface area contributed by atoms with E-state index >= 15 is 0 Å². The Morgan fingerprint density at radius 1 is 1.38 bits per heavy atom. The van der Waals surface area contributed by atoms with E-state index in [2.05, 4.69) is 0 Å². The van der Waals surface area contributed by atoms with E-state index in [0.717, 1.165) is 6.08 Å². The maximum atomic E-state index is 11.5. The van der Waals surface area contributed by atoms with Gasteiger partial charge in [0.05, 0.1) is 11.0 Å². The summed E-state index contributed by atoms with van der Waals surface area (Å²) < 4.78 is 10.2. The predicted molar refractivity (Wildman–Crippen MR) is 53.0 cm³/mol. The van der Waals surface area contributed by atoms with Gasteiger partial charge in [-0.25, -0.2) is 0 Å². The van der Waals surface area contributed by atoms with Crippen molar-refractivity contribution in [3.8, 4) is 11.5 Å². The molecule has 1 aromatic carbocycles. The molecule has 1 aliphatic heterocycles. The average Bonchev–Trinajstić information content (AvgIpc) is 2.72. The van der Waals surface area contributed by atoms with Gasteiger partial charge in [0.25, 0.3) is 0 Å². The predicted octanol–water partition coefficient (Wildman–Crippen LogP) is 1.39. The first-order chi connectivity index (χ1) is 7.66. The van der Waals surface area contributed by atoms with Crippen LogP contribution in [0.1, 0.15) is 10.4 Å². The molecule has 0 saturated heterocycles. The molecular formula is C10H7NO5. The molecule has 0 saturated carbocycles. The smallest absolute Gasteiger partial charge is 0.238 e. The highest BCUT2D eigenvalue weighted by Crippen LogP contribution is 2.32. The summed E-state index contributed by atoms with van der Waals surface area (Å²) in [5.41, 5.74) is 0.322. The number of allylic oxidation sites excluding steroid dienone is 1. The number of ether oxygens (including phenoxy) is 2. The van der Waals surface area contributed by atoms with Crippen molar-refractivity contribution in [2.24, 2.45) is 0 Å². The van der Waals surface area contributed by atoms with E-state index in [1.165, 1.54) is 12.1 Å². The minimum atomic E-state index is -0.690. The molecule has 6 nitrogen and oxygen atoms in total. The van der Waals surface area contributed by atoms with Crippen LogP contribution in [0, 0.1) is 10.1 Å². The van der Waals surface area contributed by atoms with Gasteiger partial charge in [-0.15, -0.1) is 0 Å². The van der Waals surface area contributed by atoms with Crippen molar-refractivity contribution in [3.63, 3.8) is 0 Å². The standard InChI is InChI=1S/C10H7NO5/c12-8(3-4-11(13)14)7-1-2-9-10(5-7)16-6-15-9/h1-5H,6H2/b4-3+. The van der Waals surface area contributed by atoms with Gasteiger partial charge in [0.15, 0.2) is 17.3 Å². The van der Waals surface area contributed by atoms with E-state index in [9.17, 15) is 14.9 Å². The number of rotatable bonds is 3. The molecule has 0 radical (unpaired) electrons. The van der Waals surface area contributed by atoms with Gasteiger partial charge in [-0.05, 0) is 18.2 Å². The quantitative estimate of drug-likeness (QED) is 0.333. The third-order valence-corrected chi connectivity index (χ3v) is 2.00. The monoisotopic (exact) mass is 221 g/mol. The normalized spacial score (nSPS) is 13.0. The Labute approximate surface area is 90.2 Å². The van der Waals surface area contributed by atoms with Crippen molar-refractivity contribution < 1.29 is 19.2 Å². The molecule has 0 aromatic heterocycles. The molecular weight excluding hydrogens is 214 g/mol. The number of hydrogen-bond acceptors (Lipinski definition) is 5. The Balaban J connectivity index is 2.21. The van der Waals surface area contributed by atoms with Crippen LogP contribution in [0.25, 0.3) is 0 Å². The number of carbonyl (C=O) groups is 1. The van der Waals surface area contributed by atoms with Crippen molar-refractivity contribution in [1.29, 1.82) is 0 Å². The number of hydrogen-bond donors (Lipinski definition) is 0. The zero-order valence-electron chi connectivity index (χ0n) is 8.08. The number of carbonyl (C=O) groups excluding carboxylic acids is 1. The highest BCUT2D eigenvalue weighted by atomic mass is 16.7. The van der Waals surface area contributed by atoms with Gasteiger partial charge in [-0.2, -0.15) is 0 Å². The highest BCUT2D eigenvalue weighted by molar-refractivity contribution is 6.04. The molecule has 0 N–H and O–H groups in total. The molecule has 2 rings (SSSR count). The van der Waals surface area contributed by atoms with Gasteiger partial charge in [-0.3, -0.25) is 14.9 Å². The molecule has 0 atom stereocenters. The van der Waals surface area contributed by atoms with Crippen LogP contribution >= 0.6 is 0 Å². The van der Waals surface area contributed by atoms with Crippen LogP contribution in [0.2, 0.25) is 0 Å². The van der Waals surface area contributed by atoms with Crippen LogP contribution in [-0.2, 0) is 0 Å². The lowest BCUT2D eigenvalue weighted by molar-refractivity contribution is -0.402. The van der Waals surface area contributed by atoms with E-state index in [1.54, 1.807) is 6.07 Å². The number of ketones is 1. The van der Waals surface area contributed by atoms with Crippen LogP contribution in [0.3, 0.4) is 0 Å². The van der Waals surface area contributed by atoms with Gasteiger partial charge < -0.3 is 9.47 Å². The fourth-order valence-electron chi connectivity index (χ4n) is 1.27. The molecule has 16 heavy (non-hydrogen) atoms. The zero-order valence-corrected chi connectivity index (χ0v) is 8.08. The first kappa shape index (κ1) is 10.2. The van der Waals surface area contributed by atoms with Gasteiger partial charge in [0, 0.05) is 5.56 Å². The molecule has 0 bridgehead atoms. The average molecular weight is 221 g/mol. The van der Waals surface area contributed by atoms with Crippen LogP contribution < -0.4 is 9.47 Å². The summed E-state index contributed by atoms with van der Waals surface area (Å²) in [6.07, 6.45) is 1.50. The second-order valence-electron chi connectivity index (χ2n) is 3.03. The Morgan fingerprint density at radius 2 is 2.12 bits per heavy atom. The zero-order chi connectivity index (χ0) is 11.5. The van der Waals surface area contributed by atoms with E-state index in [1.807, 2.05) is 0 Å². The van der Waals surface area contributed by atoms with Gasteiger partial charge >= 0.3 is 0 Å². The Kier molecular flexibility index (Phi) is 2.55. The van der Waals surface area contributed by atoms with E-state index < -0.39 is 10.7 Å². The van der Waals surface area contributed by atoms with Crippen molar-refractivity contribution in [1.82, 2.24) is 0 Å². The summed E-state index contributed by atoms with van der Waals surface area (Å²) >= 11 is 0. The number of fused-ring (bicyclic) bond motifs is 1. The van der Waals surface area contributed by atoms with Gasteiger partial charge in [-0.1, -0.05) is 0 Å². The summed E-state index contributed by atoms with van der Waals surface area (Å²) in [6, 6.07) is 4.62. The Hall–Kier alpha value is -2.37. The summed E-state index contributed by atoms with van der Waals surface area (Å²) in [7, 11) is 0. The molecule has 1 heterocycles. The molecule has 0 unspecified atom stereocenters. The maximum Gasteiger partial charge on any atom is 0.238 e. The molecule has 0 spiro atoms. The molecule has 0 aliphatic carbocycles. The fraction of sp³-hybridized carbons (Fsp3) is 0.100. The summed E-state index contributed by atoms with van der Waals surface area (Å²) in [5.74, 6) is 0.588. The minimum Gasteiger partial charge on any atom is -0.454 e. The van der Waals surface area contributed by atoms with Crippen molar-refractivity contribution in [3.05, 3.63) is 46.2 Å². The van der Waals surface area contributed by atoms with Gasteiger partial charge in [0.1, 0.15) is 0 Å². The number of benzene rings is 1. The molecule has 0 amide bonds. The van der Waals surface area contributed by atoms with E-state index in [0.29, 0.717) is 23.3 Å². The number of nitro groups is 1. The Bertz CT molecular complexity index is 480. The third-order valence-electron chi connectivity index (χ3n) is 2.00. The lowest BCUT2D eigenvalue weighted by atomic mass is 10.1. The number of nitrogens with zero attached hydrogens (tertiary/aromatic N) is 1. The molecule has 0 fully saturated rings. The van der Waals surface area contributed by atoms with Crippen molar-refractivity contribution in [2.75, 3.05) is 6.79 Å². The topological polar surface area (TPSA) is 78.7 Å². The van der Waals surface area contributed by atoms with Crippen molar-refractivity contribution in [2.45, 2.75) is 0 Å². The summed E-state index contributed by atoms with van der Waals surface area (Å²) in [4.78, 5) is 20.8. The summed E-state index contributed by atoms with van der Waals surface area (Å²) in [5, 5.41) is 10.0. The second-order valence-corrected chi connectivity index (χ2v) is 3.03. The fourth-order valence-corrected chi connectivity index (χ4v) is 1.27. The van der Waals surface area contributed by atoms with Crippen LogP contribution in [0.15, 0.2) is 30.5 Å². The van der Waals surface area contributed by atoms with Crippen LogP contribution in [-0.4, -0.2) is 17.5 Å². The second kappa shape index (κ2) is 4.01. The largest absolute Gasteiger partial charge is 0.454 e. The Morgan fingerprint density at radius 3 is 2.88 bits per heavy atom. The minimum absolute atomic E-state index is 0.123. The first-order valence-electron chi connectivity index (χ1n) is 4.42. The molecule has 1 aromatic rings. The third kappa shape index (κ3) is 2.00. The van der Waals surface area contributed by atoms with Crippen LogP contribution in [0.4, 0.5) is 0 Å². The molecule has 82 valence electrons. The van der Waals surface area contributed by atoms with Gasteiger partial charge in [0.2, 0.25) is 13.0 Å². The first-order valence-corrected chi connectivity index (χ1v) is 4.42. The summed E-state index contributed by atoms with van der Waals surface area (Å²) in [6.45, 7) is 0.123. The van der Waals surface area contributed by atoms with Crippen molar-refractivity contribution >= 4 is 5.78 Å². The SMILES string of the molecule is O=C(/C=C/[N+](=O)[O-])c1ccc2c(c1)OCO2. The lowest BCUT2D eigenvalue weighted by Gasteiger charge is -1.97. The van der Waals surface area contributed by atoms with E-state index in [-0.39, 0.29) is 6.79 Å². The van der Waals surface area contributed by atoms with Crippen LogP contribution in [0.5, 0.6) is 11.5 Å². The van der Waals surface area contributed by atoms with E-state index in [4.69, 9.17) is 9.47 Å². The highest BCUT2D eigenvalue weighted by Gasteiger charge is 2.15. The molecule has 6 heteroatoms. The molecule has 1 aliphatic rings. The maximum absolute atomic E-state index is 11.5.